The highest BCUT2D eigenvalue weighted by Gasteiger charge is 2.22. The maximum atomic E-state index is 13.1. The lowest BCUT2D eigenvalue weighted by Gasteiger charge is -2.13. The fourth-order valence-corrected chi connectivity index (χ4v) is 16.9. The summed E-state index contributed by atoms with van der Waals surface area (Å²) in [6.07, 6.45) is 0. The van der Waals surface area contributed by atoms with E-state index in [-0.39, 0.29) is 16.3 Å². The standard InChI is InChI=1S/3C40H25N3O2/c44-37-33-19-7-8-20-35(33)45-36-25-31(21-22-34(36)37)29-16-9-15-28(23-29)30-17-10-18-32(24-30)40-42-38(26-11-3-1-4-12-26)41-39(43-40)27-13-5-2-6-14-27;44-37-33-20-9-10-21-35(33)45-36-25-29(22-23-34(36)37)28-16-11-17-30(24-28)31-18-7-8-19-32(31)40-42-38(26-12-3-1-4-13-26)41-39(43-40)27-14-5-2-6-15-27;44-37-33-16-7-8-17-35(33)45-36-25-32(22-23-34(36)37)31-15-9-14-30(24-31)26-18-20-29(21-19-26)40-42-38(27-10-3-1-4-11-27)41-39(43-40)28-12-5-2-6-13-28/h3*1-25H. The van der Waals surface area contributed by atoms with Gasteiger partial charge in [-0.2, -0.15) is 0 Å². The molecule has 15 nitrogen and oxygen atoms in total. The molecule has 24 rings (SSSR count). The maximum Gasteiger partial charge on any atom is 0.200 e. The van der Waals surface area contributed by atoms with Crippen LogP contribution in [0, 0.1) is 0 Å². The number of aromatic nitrogens is 9. The van der Waals surface area contributed by atoms with E-state index in [1.807, 2.05) is 334 Å². The molecule has 0 amide bonds. The molecule has 0 aliphatic carbocycles. The molecule has 6 aromatic heterocycles. The van der Waals surface area contributed by atoms with Crippen molar-refractivity contribution < 1.29 is 13.3 Å². The molecule has 0 spiro atoms. The van der Waals surface area contributed by atoms with Crippen molar-refractivity contribution in [2.24, 2.45) is 0 Å². The summed E-state index contributed by atoms with van der Waals surface area (Å²) in [7, 11) is 0. The summed E-state index contributed by atoms with van der Waals surface area (Å²) in [5.41, 5.74) is 23.9. The zero-order chi connectivity index (χ0) is 90.5. The van der Waals surface area contributed by atoms with Gasteiger partial charge in [0, 0.05) is 50.1 Å². The fraction of sp³-hybridized carbons (Fsp3) is 0. The lowest BCUT2D eigenvalue weighted by atomic mass is 9.95. The lowest BCUT2D eigenvalue weighted by Crippen LogP contribution is -2.01. The average molecular weight is 1740 g/mol. The molecule has 0 saturated heterocycles. The Morgan fingerprint density at radius 1 is 0.126 bits per heavy atom. The van der Waals surface area contributed by atoms with Crippen molar-refractivity contribution in [1.82, 2.24) is 44.9 Å². The van der Waals surface area contributed by atoms with Gasteiger partial charge in [-0.3, -0.25) is 14.4 Å². The molecular weight excluding hydrogens is 1660 g/mol. The number of hydrogen-bond acceptors (Lipinski definition) is 15. The highest BCUT2D eigenvalue weighted by Crippen LogP contribution is 2.40. The Kier molecular flexibility index (Phi) is 22.2. The normalized spacial score (nSPS) is 11.2. The lowest BCUT2D eigenvalue weighted by molar-refractivity contribution is 0.659. The van der Waals surface area contributed by atoms with E-state index >= 15 is 0 Å². The highest BCUT2D eigenvalue weighted by molar-refractivity contribution is 5.96. The zero-order valence-corrected chi connectivity index (χ0v) is 72.3. The van der Waals surface area contributed by atoms with Crippen molar-refractivity contribution in [2.45, 2.75) is 0 Å². The van der Waals surface area contributed by atoms with Gasteiger partial charge in [0.05, 0.1) is 32.3 Å². The van der Waals surface area contributed by atoms with Gasteiger partial charge in [-0.1, -0.05) is 358 Å². The first kappa shape index (κ1) is 82.1. The van der Waals surface area contributed by atoms with Gasteiger partial charge in [-0.25, -0.2) is 44.9 Å². The summed E-state index contributed by atoms with van der Waals surface area (Å²) < 4.78 is 18.4. The van der Waals surface area contributed by atoms with E-state index < -0.39 is 0 Å². The number of fused-ring (bicyclic) bond motifs is 6. The summed E-state index contributed by atoms with van der Waals surface area (Å²) in [4.78, 5) is 83.1. The third-order valence-corrected chi connectivity index (χ3v) is 23.8. The molecule has 15 heteroatoms. The van der Waals surface area contributed by atoms with Gasteiger partial charge in [0.25, 0.3) is 0 Å². The third kappa shape index (κ3) is 17.1. The number of benzene rings is 18. The predicted octanol–water partition coefficient (Wildman–Crippen LogP) is 28.4. The van der Waals surface area contributed by atoms with E-state index in [2.05, 4.69) is 103 Å². The minimum absolute atomic E-state index is 0.0165. The Labute approximate surface area is 773 Å². The zero-order valence-electron chi connectivity index (χ0n) is 72.3. The molecule has 0 radical (unpaired) electrons. The number of rotatable bonds is 15. The molecule has 0 atom stereocenters. The largest absolute Gasteiger partial charge is 0.456 e. The van der Waals surface area contributed by atoms with E-state index in [0.29, 0.717) is 118 Å². The van der Waals surface area contributed by atoms with E-state index in [1.165, 1.54) is 0 Å². The van der Waals surface area contributed by atoms with Crippen LogP contribution in [0.5, 0.6) is 0 Å². The molecule has 0 saturated carbocycles. The molecule has 18 aromatic carbocycles. The van der Waals surface area contributed by atoms with Crippen molar-refractivity contribution in [2.75, 3.05) is 0 Å². The molecule has 135 heavy (non-hydrogen) atoms. The molecule has 0 N–H and O–H groups in total. The van der Waals surface area contributed by atoms with Gasteiger partial charge in [0.2, 0.25) is 16.3 Å². The molecule has 0 fully saturated rings. The molecule has 0 aliphatic heterocycles. The molecule has 0 unspecified atom stereocenters. The van der Waals surface area contributed by atoms with Crippen LogP contribution in [0.25, 0.3) is 235 Å². The Balaban J connectivity index is 0.000000118. The summed E-state index contributed by atoms with van der Waals surface area (Å²) in [6.45, 7) is 0. The van der Waals surface area contributed by atoms with Gasteiger partial charge >= 0.3 is 0 Å². The van der Waals surface area contributed by atoms with Crippen molar-refractivity contribution in [3.05, 3.63) is 486 Å². The van der Waals surface area contributed by atoms with Crippen molar-refractivity contribution in [3.63, 3.8) is 0 Å². The minimum atomic E-state index is -0.0248. The van der Waals surface area contributed by atoms with Gasteiger partial charge in [-0.15, -0.1) is 0 Å². The molecule has 24 aromatic rings. The first-order valence-electron chi connectivity index (χ1n) is 44.2. The third-order valence-electron chi connectivity index (χ3n) is 23.8. The van der Waals surface area contributed by atoms with Crippen LogP contribution in [0.2, 0.25) is 0 Å². The second-order valence-electron chi connectivity index (χ2n) is 32.5. The number of hydrogen-bond donors (Lipinski definition) is 0. The second kappa shape index (κ2) is 36.5. The van der Waals surface area contributed by atoms with Gasteiger partial charge in [0.15, 0.2) is 52.4 Å². The van der Waals surface area contributed by atoms with E-state index in [0.717, 1.165) is 117 Å². The topological polar surface area (TPSA) is 207 Å². The van der Waals surface area contributed by atoms with Crippen LogP contribution < -0.4 is 16.3 Å². The Bertz CT molecular complexity index is 8640. The SMILES string of the molecule is O=c1c2ccccc2oc2cc(-c3cccc(-c4ccc(-c5nc(-c6ccccc6)nc(-c6ccccc6)n5)cc4)c3)ccc12.O=c1c2ccccc2oc2cc(-c3cccc(-c4cccc(-c5nc(-c6ccccc6)nc(-c6ccccc6)n5)c4)c3)ccc12.O=c1c2ccccc2oc2cc(-c3cccc(-c4ccccc4-c4nc(-c5ccccc5)nc(-c5ccccc5)n4)c3)ccc12. The summed E-state index contributed by atoms with van der Waals surface area (Å²) >= 11 is 0. The van der Waals surface area contributed by atoms with E-state index in [9.17, 15) is 14.4 Å². The summed E-state index contributed by atoms with van der Waals surface area (Å²) in [5.74, 6) is 5.59. The van der Waals surface area contributed by atoms with Crippen LogP contribution in [0.4, 0.5) is 0 Å². The second-order valence-corrected chi connectivity index (χ2v) is 32.5. The molecule has 636 valence electrons. The van der Waals surface area contributed by atoms with Crippen LogP contribution in [-0.4, -0.2) is 44.9 Å². The highest BCUT2D eigenvalue weighted by atomic mass is 16.3. The monoisotopic (exact) mass is 1740 g/mol. The van der Waals surface area contributed by atoms with E-state index in [4.69, 9.17) is 58.1 Å². The van der Waals surface area contributed by atoms with Gasteiger partial charge < -0.3 is 13.3 Å². The first-order chi connectivity index (χ1) is 66.6. The van der Waals surface area contributed by atoms with Gasteiger partial charge in [-0.05, 0) is 164 Å². The van der Waals surface area contributed by atoms with E-state index in [1.54, 1.807) is 18.2 Å². The van der Waals surface area contributed by atoms with Crippen molar-refractivity contribution >= 4 is 65.8 Å². The molecule has 0 aliphatic rings. The fourth-order valence-electron chi connectivity index (χ4n) is 16.9. The van der Waals surface area contributed by atoms with Crippen LogP contribution in [0.1, 0.15) is 0 Å². The van der Waals surface area contributed by atoms with Crippen molar-refractivity contribution in [3.8, 4) is 169 Å². The molecule has 6 heterocycles. The predicted molar refractivity (Wildman–Crippen MR) is 542 cm³/mol. The molecule has 0 bridgehead atoms. The van der Waals surface area contributed by atoms with Gasteiger partial charge in [0.1, 0.15) is 33.5 Å². The van der Waals surface area contributed by atoms with Crippen LogP contribution in [-0.2, 0) is 0 Å². The number of nitrogens with zero attached hydrogens (tertiary/aromatic N) is 9. The molecular formula is C120H75N9O6. The summed E-state index contributed by atoms with van der Waals surface area (Å²) in [5, 5.41) is 3.48. The Hall–Kier alpha value is -18.6. The number of para-hydroxylation sites is 3. The van der Waals surface area contributed by atoms with Crippen LogP contribution >= 0.6 is 0 Å². The Morgan fingerprint density at radius 3 is 0.637 bits per heavy atom. The van der Waals surface area contributed by atoms with Crippen LogP contribution in [0.3, 0.4) is 0 Å². The quantitative estimate of drug-likeness (QED) is 0.0875. The smallest absolute Gasteiger partial charge is 0.200 e. The Morgan fingerprint density at radius 2 is 0.319 bits per heavy atom. The minimum Gasteiger partial charge on any atom is -0.456 e. The summed E-state index contributed by atoms with van der Waals surface area (Å²) in [6, 6.07) is 149. The maximum absolute atomic E-state index is 13.1. The first-order valence-corrected chi connectivity index (χ1v) is 44.2. The van der Waals surface area contributed by atoms with Crippen molar-refractivity contribution in [1.29, 1.82) is 0 Å². The van der Waals surface area contributed by atoms with Crippen LogP contribution in [0.15, 0.2) is 483 Å². The average Bonchev–Trinajstić information content (AvgIpc) is 0.785.